The van der Waals surface area contributed by atoms with Crippen LogP contribution in [0, 0.1) is 0 Å². The Kier molecular flexibility index (Phi) is 4.43. The summed E-state index contributed by atoms with van der Waals surface area (Å²) in [7, 11) is 0. The molecule has 2 aromatic rings. The van der Waals surface area contributed by atoms with Crippen LogP contribution < -0.4 is 5.32 Å². The van der Waals surface area contributed by atoms with Gasteiger partial charge in [0.1, 0.15) is 0 Å². The molecule has 1 heterocycles. The predicted octanol–water partition coefficient (Wildman–Crippen LogP) is 3.83. The number of aliphatic hydroxyl groups excluding tert-OH is 1. The third kappa shape index (κ3) is 2.94. The van der Waals surface area contributed by atoms with E-state index in [9.17, 15) is 0 Å². The van der Waals surface area contributed by atoms with Crippen molar-refractivity contribution >= 4 is 44.1 Å². The van der Waals surface area contributed by atoms with Crippen LogP contribution in [0.25, 0.3) is 10.9 Å². The molecule has 1 atom stereocenters. The number of anilines is 1. The first-order chi connectivity index (χ1) is 8.61. The number of halogens is 2. The monoisotopic (exact) mass is 328 g/mol. The number of hydrogen-bond acceptors (Lipinski definition) is 3. The largest absolute Gasteiger partial charge is 0.396 e. The summed E-state index contributed by atoms with van der Waals surface area (Å²) in [6.07, 6.45) is 2.43. The number of aliphatic hydroxyl groups is 1. The molecule has 0 aliphatic rings. The summed E-state index contributed by atoms with van der Waals surface area (Å²) in [5.74, 6) is 0. The maximum absolute atomic E-state index is 8.94. The smallest absolute Gasteiger partial charge is 0.0909 e. The fourth-order valence-corrected chi connectivity index (χ4v) is 2.69. The van der Waals surface area contributed by atoms with Crippen LogP contribution in [0.4, 0.5) is 5.69 Å². The van der Waals surface area contributed by atoms with Crippen LogP contribution in [0.5, 0.6) is 0 Å². The number of nitrogens with zero attached hydrogens (tertiary/aromatic N) is 1. The first-order valence-electron chi connectivity index (χ1n) is 5.73. The molecule has 3 nitrogen and oxygen atoms in total. The van der Waals surface area contributed by atoms with E-state index < -0.39 is 0 Å². The molecule has 0 saturated heterocycles. The topological polar surface area (TPSA) is 45.1 Å². The predicted molar refractivity (Wildman–Crippen MR) is 79.2 cm³/mol. The SMILES string of the molecule is CC(CCO)Nc1ccnc2c(Cl)cc(Br)cc12. The number of nitrogens with one attached hydrogen (secondary N) is 1. The van der Waals surface area contributed by atoms with E-state index in [0.29, 0.717) is 11.4 Å². The van der Waals surface area contributed by atoms with Gasteiger partial charge in [-0.2, -0.15) is 0 Å². The molecule has 96 valence electrons. The molecule has 1 unspecified atom stereocenters. The number of pyridine rings is 1. The molecular formula is C13H14BrClN2O. The minimum atomic E-state index is 0.168. The van der Waals surface area contributed by atoms with Gasteiger partial charge in [0.15, 0.2) is 0 Å². The van der Waals surface area contributed by atoms with Crippen molar-refractivity contribution in [2.75, 3.05) is 11.9 Å². The highest BCUT2D eigenvalue weighted by Gasteiger charge is 2.09. The number of rotatable bonds is 4. The van der Waals surface area contributed by atoms with Gasteiger partial charge in [-0.3, -0.25) is 4.98 Å². The Morgan fingerprint density at radius 3 is 3.00 bits per heavy atom. The summed E-state index contributed by atoms with van der Waals surface area (Å²) < 4.78 is 0.922. The van der Waals surface area contributed by atoms with Crippen LogP contribution in [-0.2, 0) is 0 Å². The minimum Gasteiger partial charge on any atom is -0.396 e. The van der Waals surface area contributed by atoms with Crippen molar-refractivity contribution in [1.29, 1.82) is 0 Å². The standard InChI is InChI=1S/C13H14BrClN2O/c1-8(3-5-18)17-12-2-4-16-13-10(12)6-9(14)7-11(13)15/h2,4,6-8,18H,3,5H2,1H3,(H,16,17). The van der Waals surface area contributed by atoms with E-state index in [0.717, 1.165) is 21.1 Å². The van der Waals surface area contributed by atoms with Gasteiger partial charge < -0.3 is 10.4 Å². The van der Waals surface area contributed by atoms with Gasteiger partial charge in [0, 0.05) is 34.4 Å². The molecule has 0 aliphatic heterocycles. The summed E-state index contributed by atoms with van der Waals surface area (Å²) in [6, 6.07) is 5.93. The summed E-state index contributed by atoms with van der Waals surface area (Å²) in [5.41, 5.74) is 1.75. The Hall–Kier alpha value is -0.840. The fourth-order valence-electron chi connectivity index (χ4n) is 1.84. The Balaban J connectivity index is 2.44. The van der Waals surface area contributed by atoms with Crippen molar-refractivity contribution in [2.24, 2.45) is 0 Å². The molecule has 18 heavy (non-hydrogen) atoms. The number of fused-ring (bicyclic) bond motifs is 1. The molecule has 5 heteroatoms. The number of aromatic nitrogens is 1. The number of benzene rings is 1. The van der Waals surface area contributed by atoms with Crippen LogP contribution in [0.15, 0.2) is 28.9 Å². The van der Waals surface area contributed by atoms with Crippen molar-refractivity contribution in [3.63, 3.8) is 0 Å². The molecule has 1 aromatic heterocycles. The highest BCUT2D eigenvalue weighted by Crippen LogP contribution is 2.31. The second-order valence-electron chi connectivity index (χ2n) is 4.20. The van der Waals surface area contributed by atoms with Crippen molar-refractivity contribution < 1.29 is 5.11 Å². The van der Waals surface area contributed by atoms with Crippen molar-refractivity contribution in [3.8, 4) is 0 Å². The van der Waals surface area contributed by atoms with E-state index in [4.69, 9.17) is 16.7 Å². The van der Waals surface area contributed by atoms with Gasteiger partial charge in [-0.25, -0.2) is 0 Å². The summed E-state index contributed by atoms with van der Waals surface area (Å²) in [6.45, 7) is 2.20. The van der Waals surface area contributed by atoms with Gasteiger partial charge in [-0.15, -0.1) is 0 Å². The van der Waals surface area contributed by atoms with E-state index in [1.165, 1.54) is 0 Å². The normalized spacial score (nSPS) is 12.7. The molecule has 0 saturated carbocycles. The van der Waals surface area contributed by atoms with Crippen LogP contribution in [0.2, 0.25) is 5.02 Å². The molecular weight excluding hydrogens is 316 g/mol. The molecule has 0 bridgehead atoms. The first-order valence-corrected chi connectivity index (χ1v) is 6.90. The zero-order valence-corrected chi connectivity index (χ0v) is 12.3. The van der Waals surface area contributed by atoms with Gasteiger partial charge in [0.2, 0.25) is 0 Å². The molecule has 0 amide bonds. The van der Waals surface area contributed by atoms with Gasteiger partial charge in [0.05, 0.1) is 10.5 Å². The minimum absolute atomic E-state index is 0.168. The average Bonchev–Trinajstić information content (AvgIpc) is 2.30. The highest BCUT2D eigenvalue weighted by atomic mass is 79.9. The van der Waals surface area contributed by atoms with Crippen LogP contribution in [0.1, 0.15) is 13.3 Å². The van der Waals surface area contributed by atoms with Crippen molar-refractivity contribution in [3.05, 3.63) is 33.9 Å². The van der Waals surface area contributed by atoms with Crippen LogP contribution in [-0.4, -0.2) is 22.7 Å². The van der Waals surface area contributed by atoms with Crippen molar-refractivity contribution in [1.82, 2.24) is 4.98 Å². The summed E-state index contributed by atoms with van der Waals surface area (Å²) in [5, 5.41) is 13.9. The van der Waals surface area contributed by atoms with Crippen molar-refractivity contribution in [2.45, 2.75) is 19.4 Å². The fraction of sp³-hybridized carbons (Fsp3) is 0.308. The van der Waals surface area contributed by atoms with E-state index in [-0.39, 0.29) is 12.6 Å². The van der Waals surface area contributed by atoms with E-state index in [1.54, 1.807) is 6.20 Å². The first kappa shape index (κ1) is 13.6. The second kappa shape index (κ2) is 5.87. The second-order valence-corrected chi connectivity index (χ2v) is 5.52. The van der Waals surface area contributed by atoms with E-state index >= 15 is 0 Å². The Labute approximate surface area is 119 Å². The van der Waals surface area contributed by atoms with E-state index in [2.05, 4.69) is 26.2 Å². The van der Waals surface area contributed by atoms with Gasteiger partial charge in [-0.05, 0) is 31.5 Å². The molecule has 0 spiro atoms. The summed E-state index contributed by atoms with van der Waals surface area (Å²) in [4.78, 5) is 4.29. The lowest BCUT2D eigenvalue weighted by Gasteiger charge is -2.16. The zero-order valence-electron chi connectivity index (χ0n) is 9.95. The Morgan fingerprint density at radius 1 is 1.50 bits per heavy atom. The van der Waals surface area contributed by atoms with E-state index in [1.807, 2.05) is 25.1 Å². The average molecular weight is 330 g/mol. The molecule has 0 radical (unpaired) electrons. The third-order valence-corrected chi connectivity index (χ3v) is 3.47. The quantitative estimate of drug-likeness (QED) is 0.896. The highest BCUT2D eigenvalue weighted by molar-refractivity contribution is 9.10. The molecule has 0 fully saturated rings. The lowest BCUT2D eigenvalue weighted by atomic mass is 10.1. The van der Waals surface area contributed by atoms with Gasteiger partial charge in [-0.1, -0.05) is 27.5 Å². The number of hydrogen-bond donors (Lipinski definition) is 2. The van der Waals surface area contributed by atoms with Gasteiger partial charge in [0.25, 0.3) is 0 Å². The molecule has 0 aliphatic carbocycles. The maximum Gasteiger partial charge on any atom is 0.0909 e. The Bertz CT molecular complexity index is 562. The lowest BCUT2D eigenvalue weighted by molar-refractivity contribution is 0.282. The van der Waals surface area contributed by atoms with Crippen LogP contribution >= 0.6 is 27.5 Å². The zero-order chi connectivity index (χ0) is 13.1. The summed E-state index contributed by atoms with van der Waals surface area (Å²) >= 11 is 9.61. The third-order valence-electron chi connectivity index (χ3n) is 2.73. The van der Waals surface area contributed by atoms with Crippen LogP contribution in [0.3, 0.4) is 0 Å². The maximum atomic E-state index is 8.94. The Morgan fingerprint density at radius 2 is 2.28 bits per heavy atom. The molecule has 1 aromatic carbocycles. The van der Waals surface area contributed by atoms with Gasteiger partial charge >= 0.3 is 0 Å². The lowest BCUT2D eigenvalue weighted by Crippen LogP contribution is -2.16. The molecule has 2 rings (SSSR count). The molecule has 2 N–H and O–H groups in total.